The van der Waals surface area contributed by atoms with Crippen LogP contribution in [0.3, 0.4) is 0 Å². The molecule has 0 radical (unpaired) electrons. The average molecular weight is 742 g/mol. The molecule has 2 atom stereocenters. The second-order valence-electron chi connectivity index (χ2n) is 8.07. The molecule has 0 amide bonds. The van der Waals surface area contributed by atoms with E-state index in [1.165, 1.54) is 47.6 Å². The van der Waals surface area contributed by atoms with Gasteiger partial charge in [0.25, 0.3) is 0 Å². The van der Waals surface area contributed by atoms with Gasteiger partial charge < -0.3 is 34.0 Å². The van der Waals surface area contributed by atoms with Gasteiger partial charge in [-0.1, -0.05) is 117 Å². The van der Waals surface area contributed by atoms with E-state index in [2.05, 4.69) is 125 Å². The topological polar surface area (TPSA) is 0 Å². The van der Waals surface area contributed by atoms with E-state index in [9.17, 15) is 0 Å². The summed E-state index contributed by atoms with van der Waals surface area (Å²) in [7, 11) is 0. The van der Waals surface area contributed by atoms with Crippen LogP contribution in [0.5, 0.6) is 0 Å². The Morgan fingerprint density at radius 1 is 0.657 bits per heavy atom. The van der Waals surface area contributed by atoms with E-state index in [0.29, 0.717) is 5.92 Å². The Kier molecular flexibility index (Phi) is 10.2. The molecular formula is C30H19Br3SZr. The van der Waals surface area contributed by atoms with Crippen LogP contribution in [-0.2, 0) is 26.2 Å². The molecule has 4 aromatic rings. The molecule has 0 fully saturated rings. The third kappa shape index (κ3) is 5.65. The van der Waals surface area contributed by atoms with Gasteiger partial charge in [0, 0.05) is 9.37 Å². The van der Waals surface area contributed by atoms with Crippen LogP contribution >= 0.6 is 27.7 Å². The van der Waals surface area contributed by atoms with E-state index >= 15 is 0 Å². The average Bonchev–Trinajstić information content (AvgIpc) is 3.48. The molecule has 0 aromatic heterocycles. The van der Waals surface area contributed by atoms with Crippen LogP contribution in [0.15, 0.2) is 105 Å². The van der Waals surface area contributed by atoms with Gasteiger partial charge in [0.15, 0.2) is 0 Å². The molecule has 4 aromatic carbocycles. The molecule has 0 nitrogen and oxygen atoms in total. The molecule has 170 valence electrons. The van der Waals surface area contributed by atoms with Gasteiger partial charge in [-0.3, -0.25) is 12.2 Å². The fourth-order valence-corrected chi connectivity index (χ4v) is 6.16. The third-order valence-electron chi connectivity index (χ3n) is 6.16. The van der Waals surface area contributed by atoms with Gasteiger partial charge in [-0.15, -0.1) is 29.0 Å². The van der Waals surface area contributed by atoms with Crippen LogP contribution in [0.2, 0.25) is 0 Å². The number of fused-ring (bicyclic) bond motifs is 3. The summed E-state index contributed by atoms with van der Waals surface area (Å²) in [5.74, 6) is 0.606. The Bertz CT molecular complexity index is 1360. The van der Waals surface area contributed by atoms with Crippen molar-refractivity contribution < 1.29 is 60.2 Å². The van der Waals surface area contributed by atoms with Crippen molar-refractivity contribution in [3.8, 4) is 0 Å². The van der Waals surface area contributed by atoms with Gasteiger partial charge in [-0.2, -0.15) is 11.1 Å². The molecule has 0 N–H and O–H groups in total. The van der Waals surface area contributed by atoms with Gasteiger partial charge in [-0.05, 0) is 12.1 Å². The summed E-state index contributed by atoms with van der Waals surface area (Å²) in [5, 5.41) is 0. The van der Waals surface area contributed by atoms with Crippen LogP contribution in [-0.4, -0.2) is 0 Å². The maximum atomic E-state index is 3.62. The van der Waals surface area contributed by atoms with Crippen LogP contribution in [0, 0.1) is 12.2 Å². The number of halogens is 3. The van der Waals surface area contributed by atoms with E-state index in [1.54, 1.807) is 0 Å². The van der Waals surface area contributed by atoms with Crippen LogP contribution in [0.1, 0.15) is 45.2 Å². The maximum Gasteiger partial charge on any atom is 4.00 e. The quantitative estimate of drug-likeness (QED) is 0.271. The summed E-state index contributed by atoms with van der Waals surface area (Å²) in [6.45, 7) is 0. The second kappa shape index (κ2) is 12.5. The predicted molar refractivity (Wildman–Crippen MR) is 137 cm³/mol. The normalized spacial score (nSPS) is 16.8. The van der Waals surface area contributed by atoms with E-state index < -0.39 is 0 Å². The molecule has 6 bridgehead atoms. The van der Waals surface area contributed by atoms with Crippen molar-refractivity contribution in [3.05, 3.63) is 141 Å². The first-order valence-corrected chi connectivity index (χ1v) is 12.3. The van der Waals surface area contributed by atoms with Crippen molar-refractivity contribution >= 4 is 39.8 Å². The Morgan fingerprint density at radius 3 is 2.11 bits per heavy atom. The largest absolute Gasteiger partial charge is 4.00 e. The van der Waals surface area contributed by atoms with E-state index in [4.69, 9.17) is 0 Å². The molecule has 2 aliphatic heterocycles. The second-order valence-corrected chi connectivity index (χ2v) is 10.0. The van der Waals surface area contributed by atoms with Crippen LogP contribution < -0.4 is 34.0 Å². The third-order valence-corrected chi connectivity index (χ3v) is 7.94. The number of benzene rings is 4. The molecule has 0 saturated heterocycles. The Balaban J connectivity index is 0.000000180. The van der Waals surface area contributed by atoms with Crippen molar-refractivity contribution in [1.29, 1.82) is 0 Å². The van der Waals surface area contributed by atoms with Gasteiger partial charge in [-0.25, -0.2) is 12.2 Å². The van der Waals surface area contributed by atoms with Gasteiger partial charge in [0.05, 0.1) is 0 Å². The molecule has 2 heterocycles. The summed E-state index contributed by atoms with van der Waals surface area (Å²) >= 11 is 5.47. The molecule has 2 aliphatic carbocycles. The Hall–Kier alpha value is -0.967. The number of rotatable bonds is 1. The number of hydrogen-bond acceptors (Lipinski definition) is 1. The molecular weight excluding hydrogens is 723 g/mol. The van der Waals surface area contributed by atoms with E-state index in [-0.39, 0.29) is 66.1 Å². The maximum absolute atomic E-state index is 3.62. The fourth-order valence-electron chi connectivity index (χ4n) is 4.59. The van der Waals surface area contributed by atoms with Crippen molar-refractivity contribution in [3.63, 3.8) is 0 Å². The van der Waals surface area contributed by atoms with Crippen LogP contribution in [0.25, 0.3) is 12.2 Å². The molecule has 35 heavy (non-hydrogen) atoms. The SMILES string of the molecule is Brc1cccc2c1C(c1ccccc1)[C-]=C2.[Br-].[Br-].[C-]1=Cc2c3cccc2C1c1ccc(cc1)S3.[Zr+4]. The number of hydrogen-bond donors (Lipinski definition) is 0. The molecule has 4 aliphatic rings. The van der Waals surface area contributed by atoms with Gasteiger partial charge >= 0.3 is 26.2 Å². The van der Waals surface area contributed by atoms with Gasteiger partial charge in [0.2, 0.25) is 0 Å². The van der Waals surface area contributed by atoms with Crippen molar-refractivity contribution in [2.75, 3.05) is 0 Å². The van der Waals surface area contributed by atoms with Gasteiger partial charge in [0.1, 0.15) is 0 Å². The first-order chi connectivity index (χ1) is 15.8. The molecule has 0 saturated carbocycles. The molecule has 8 rings (SSSR count). The molecule has 0 spiro atoms. The van der Waals surface area contributed by atoms with Crippen LogP contribution in [0.4, 0.5) is 0 Å². The first-order valence-electron chi connectivity index (χ1n) is 10.7. The van der Waals surface area contributed by atoms with Crippen molar-refractivity contribution in [1.82, 2.24) is 0 Å². The Morgan fingerprint density at radius 2 is 1.34 bits per heavy atom. The zero-order valence-corrected chi connectivity index (χ0v) is 26.5. The summed E-state index contributed by atoms with van der Waals surface area (Å²) in [6, 6.07) is 32.2. The van der Waals surface area contributed by atoms with Crippen molar-refractivity contribution in [2.45, 2.75) is 21.6 Å². The number of allylic oxidation sites excluding steroid dienone is 2. The van der Waals surface area contributed by atoms with E-state index in [0.717, 1.165) is 0 Å². The van der Waals surface area contributed by atoms with Crippen molar-refractivity contribution in [2.24, 2.45) is 0 Å². The minimum Gasteiger partial charge on any atom is -1.00 e. The summed E-state index contributed by atoms with van der Waals surface area (Å²) in [4.78, 5) is 2.66. The molecule has 2 unspecified atom stereocenters. The minimum atomic E-state index is 0. The zero-order valence-electron chi connectivity index (χ0n) is 18.5. The summed E-state index contributed by atoms with van der Waals surface area (Å²) in [6.07, 6.45) is 11.1. The Labute approximate surface area is 260 Å². The monoisotopic (exact) mass is 738 g/mol. The minimum absolute atomic E-state index is 0. The summed E-state index contributed by atoms with van der Waals surface area (Å²) in [5.41, 5.74) is 8.00. The first kappa shape index (κ1) is 28.6. The predicted octanol–water partition coefficient (Wildman–Crippen LogP) is 2.53. The standard InChI is InChI=1S/C15H10Br.C15H9S.2BrH.Zr/c16-14-8-4-7-12-9-10-13(15(12)14)11-5-2-1-3-6-11;1-2-13-12-8-9-14(13)15(3-1)16-11-6-4-10(12)5-7-11;;;/h1-9,13H;1-7,9,12H;2*1H;/q2*-1;;;+4/p-2. The smallest absolute Gasteiger partial charge is 1.00 e. The molecule has 5 heteroatoms. The zero-order chi connectivity index (χ0) is 21.5. The van der Waals surface area contributed by atoms with E-state index in [1.807, 2.05) is 17.8 Å². The fraction of sp³-hybridized carbons (Fsp3) is 0.0667. The summed E-state index contributed by atoms with van der Waals surface area (Å²) < 4.78 is 1.17.